The molecule has 1 aliphatic rings. The normalized spacial score (nSPS) is 15.2. The number of likely N-dealkylation sites (N-methyl/N-ethyl adjacent to an activating group) is 1. The fourth-order valence-electron chi connectivity index (χ4n) is 3.77. The van der Waals surface area contributed by atoms with Gasteiger partial charge in [0.05, 0.1) is 40.6 Å². The van der Waals surface area contributed by atoms with Crippen molar-refractivity contribution < 1.29 is 14.5 Å². The first-order chi connectivity index (χ1) is 14.4. The number of aromatic nitrogens is 3. The Morgan fingerprint density at radius 1 is 1.30 bits per heavy atom. The molecular formula is C20H16N6O4. The van der Waals surface area contributed by atoms with Crippen LogP contribution in [0.1, 0.15) is 22.0 Å². The number of rotatable bonds is 3. The number of carbonyl (C=O) groups is 1. The summed E-state index contributed by atoms with van der Waals surface area (Å²) in [4.78, 5) is 33.8. The van der Waals surface area contributed by atoms with Crippen LogP contribution < -0.4 is 10.5 Å². The van der Waals surface area contributed by atoms with Gasteiger partial charge in [0, 0.05) is 24.2 Å². The van der Waals surface area contributed by atoms with Gasteiger partial charge in [-0.15, -0.1) is 0 Å². The predicted octanol–water partition coefficient (Wildman–Crippen LogP) is 2.58. The molecule has 2 aromatic heterocycles. The van der Waals surface area contributed by atoms with E-state index in [1.54, 1.807) is 53.1 Å². The molecule has 0 saturated carbocycles. The minimum Gasteiger partial charge on any atom is -0.490 e. The lowest BCUT2D eigenvalue weighted by atomic mass is 10.1. The number of nitrogens with zero attached hydrogens (tertiary/aromatic N) is 5. The van der Waals surface area contributed by atoms with Gasteiger partial charge in [0.25, 0.3) is 11.6 Å². The summed E-state index contributed by atoms with van der Waals surface area (Å²) in [5.41, 5.74) is 9.17. The van der Waals surface area contributed by atoms with Crippen LogP contribution in [0.3, 0.4) is 0 Å². The standard InChI is InChI=1S/C20H16N6O4/c1-24(17-9-30-18-7-12(26(28)29)3-4-13(17)18)20(27)11-2-5-14-15(6-11)25-10-22-8-16(25)19(21)23-14/h2-8,10,17H,9H2,1H3,(H2,21,23)/t17-/m1/s1. The Labute approximate surface area is 169 Å². The van der Waals surface area contributed by atoms with Crippen molar-refractivity contribution in [1.29, 1.82) is 0 Å². The molecule has 4 aromatic rings. The van der Waals surface area contributed by atoms with Gasteiger partial charge in [-0.3, -0.25) is 19.3 Å². The Bertz CT molecular complexity index is 1350. The zero-order chi connectivity index (χ0) is 21.0. The third-order valence-corrected chi connectivity index (χ3v) is 5.38. The van der Waals surface area contributed by atoms with Crippen molar-refractivity contribution in [2.24, 2.45) is 0 Å². The molecule has 0 fully saturated rings. The average Bonchev–Trinajstić information content (AvgIpc) is 3.40. The fraction of sp³-hybridized carbons (Fsp3) is 0.150. The first-order valence-electron chi connectivity index (χ1n) is 9.13. The van der Waals surface area contributed by atoms with Gasteiger partial charge in [0.15, 0.2) is 0 Å². The van der Waals surface area contributed by atoms with Gasteiger partial charge >= 0.3 is 0 Å². The third kappa shape index (κ3) is 2.61. The van der Waals surface area contributed by atoms with E-state index in [0.717, 1.165) is 11.1 Å². The van der Waals surface area contributed by atoms with Crippen molar-refractivity contribution in [2.75, 3.05) is 19.4 Å². The van der Waals surface area contributed by atoms with Gasteiger partial charge in [-0.05, 0) is 24.3 Å². The first-order valence-corrected chi connectivity index (χ1v) is 9.13. The van der Waals surface area contributed by atoms with Gasteiger partial charge in [-0.25, -0.2) is 9.97 Å². The second-order valence-corrected chi connectivity index (χ2v) is 7.07. The Morgan fingerprint density at radius 3 is 2.93 bits per heavy atom. The van der Waals surface area contributed by atoms with Crippen LogP contribution in [0.2, 0.25) is 0 Å². The summed E-state index contributed by atoms with van der Waals surface area (Å²) in [6.07, 6.45) is 3.25. The molecule has 0 spiro atoms. The fourth-order valence-corrected chi connectivity index (χ4v) is 3.77. The molecule has 5 rings (SSSR count). The van der Waals surface area contributed by atoms with Crippen LogP contribution in [0.5, 0.6) is 5.75 Å². The quantitative estimate of drug-likeness (QED) is 0.410. The van der Waals surface area contributed by atoms with Gasteiger partial charge in [0.2, 0.25) is 0 Å². The van der Waals surface area contributed by atoms with E-state index in [1.807, 2.05) is 0 Å². The van der Waals surface area contributed by atoms with Crippen LogP contribution in [-0.4, -0.2) is 43.8 Å². The summed E-state index contributed by atoms with van der Waals surface area (Å²) in [6.45, 7) is 0.232. The number of hydrogen-bond acceptors (Lipinski definition) is 7. The lowest BCUT2D eigenvalue weighted by molar-refractivity contribution is -0.384. The zero-order valence-corrected chi connectivity index (χ0v) is 15.8. The largest absolute Gasteiger partial charge is 0.490 e. The number of nitrogens with two attached hydrogens (primary N) is 1. The summed E-state index contributed by atoms with van der Waals surface area (Å²) < 4.78 is 7.40. The molecule has 3 heterocycles. The highest BCUT2D eigenvalue weighted by Crippen LogP contribution is 2.38. The summed E-state index contributed by atoms with van der Waals surface area (Å²) in [5.74, 6) is 0.582. The molecule has 1 aliphatic heterocycles. The molecule has 0 radical (unpaired) electrons. The number of fused-ring (bicyclic) bond motifs is 4. The van der Waals surface area contributed by atoms with E-state index in [1.165, 1.54) is 12.1 Å². The van der Waals surface area contributed by atoms with E-state index in [9.17, 15) is 14.9 Å². The van der Waals surface area contributed by atoms with Crippen molar-refractivity contribution in [3.05, 3.63) is 70.2 Å². The van der Waals surface area contributed by atoms with Crippen molar-refractivity contribution in [2.45, 2.75) is 6.04 Å². The topological polar surface area (TPSA) is 129 Å². The predicted molar refractivity (Wildman–Crippen MR) is 108 cm³/mol. The minimum absolute atomic E-state index is 0.0472. The van der Waals surface area contributed by atoms with E-state index in [4.69, 9.17) is 10.5 Å². The van der Waals surface area contributed by atoms with E-state index < -0.39 is 4.92 Å². The van der Waals surface area contributed by atoms with Crippen LogP contribution in [0.25, 0.3) is 16.6 Å². The van der Waals surface area contributed by atoms with Crippen LogP contribution in [-0.2, 0) is 0 Å². The molecule has 2 aromatic carbocycles. The number of nitrogen functional groups attached to an aromatic ring is 1. The van der Waals surface area contributed by atoms with E-state index in [-0.39, 0.29) is 24.2 Å². The lowest BCUT2D eigenvalue weighted by Crippen LogP contribution is -2.32. The Morgan fingerprint density at radius 2 is 2.13 bits per heavy atom. The van der Waals surface area contributed by atoms with Crippen molar-refractivity contribution >= 4 is 34.0 Å². The summed E-state index contributed by atoms with van der Waals surface area (Å²) in [6, 6.07) is 9.29. The maximum atomic E-state index is 13.2. The number of nitro benzene ring substituents is 1. The lowest BCUT2D eigenvalue weighted by Gasteiger charge is -2.24. The first kappa shape index (κ1) is 17.9. The molecule has 150 valence electrons. The van der Waals surface area contributed by atoms with Gasteiger partial charge in [-0.1, -0.05) is 0 Å². The molecule has 1 amide bonds. The molecule has 0 aliphatic carbocycles. The number of ether oxygens (including phenoxy) is 1. The number of benzene rings is 2. The van der Waals surface area contributed by atoms with Crippen LogP contribution in [0, 0.1) is 10.1 Å². The molecule has 10 nitrogen and oxygen atoms in total. The second-order valence-electron chi connectivity index (χ2n) is 7.07. The highest BCUT2D eigenvalue weighted by atomic mass is 16.6. The third-order valence-electron chi connectivity index (χ3n) is 5.38. The SMILES string of the molecule is CN(C(=O)c1ccc2nc(N)c3cncn3c2c1)[C@@H]1COc2cc([N+](=O)[O-])ccc21. The highest BCUT2D eigenvalue weighted by molar-refractivity contribution is 5.98. The van der Waals surface area contributed by atoms with E-state index in [2.05, 4.69) is 9.97 Å². The number of hydrogen-bond donors (Lipinski definition) is 1. The average molecular weight is 404 g/mol. The molecule has 0 saturated heterocycles. The summed E-state index contributed by atoms with van der Waals surface area (Å²) >= 11 is 0. The number of carbonyl (C=O) groups excluding carboxylic acids is 1. The maximum Gasteiger partial charge on any atom is 0.273 e. The number of nitro groups is 1. The molecule has 10 heteroatoms. The molecule has 1 atom stereocenters. The van der Waals surface area contributed by atoms with Crippen molar-refractivity contribution in [1.82, 2.24) is 19.3 Å². The number of anilines is 1. The molecular weight excluding hydrogens is 388 g/mol. The van der Waals surface area contributed by atoms with Crippen LogP contribution in [0.15, 0.2) is 48.9 Å². The van der Waals surface area contributed by atoms with Gasteiger partial charge in [-0.2, -0.15) is 0 Å². The Hall–Kier alpha value is -4.21. The van der Waals surface area contributed by atoms with Gasteiger partial charge in [0.1, 0.15) is 23.7 Å². The molecule has 0 bridgehead atoms. The van der Waals surface area contributed by atoms with E-state index >= 15 is 0 Å². The molecule has 2 N–H and O–H groups in total. The minimum atomic E-state index is -0.474. The van der Waals surface area contributed by atoms with Crippen molar-refractivity contribution in [3.8, 4) is 5.75 Å². The molecule has 30 heavy (non-hydrogen) atoms. The van der Waals surface area contributed by atoms with Crippen LogP contribution in [0.4, 0.5) is 11.5 Å². The molecule has 0 unspecified atom stereocenters. The monoisotopic (exact) mass is 404 g/mol. The second kappa shape index (κ2) is 6.41. The smallest absolute Gasteiger partial charge is 0.273 e. The maximum absolute atomic E-state index is 13.2. The highest BCUT2D eigenvalue weighted by Gasteiger charge is 2.32. The summed E-state index contributed by atoms with van der Waals surface area (Å²) in [7, 11) is 1.69. The number of imidazole rings is 1. The van der Waals surface area contributed by atoms with Gasteiger partial charge < -0.3 is 15.4 Å². The zero-order valence-electron chi connectivity index (χ0n) is 15.8. The summed E-state index contributed by atoms with van der Waals surface area (Å²) in [5, 5.41) is 11.0. The Kier molecular flexibility index (Phi) is 3.82. The number of non-ortho nitro benzene ring substituents is 1. The van der Waals surface area contributed by atoms with Crippen molar-refractivity contribution in [3.63, 3.8) is 0 Å². The van der Waals surface area contributed by atoms with Crippen LogP contribution >= 0.6 is 0 Å². The van der Waals surface area contributed by atoms with E-state index in [0.29, 0.717) is 28.2 Å². The number of amides is 1. The Balaban J connectivity index is 1.50.